The van der Waals surface area contributed by atoms with Gasteiger partial charge in [-0.1, -0.05) is 29.8 Å². The van der Waals surface area contributed by atoms with Crippen LogP contribution in [0.5, 0.6) is 5.75 Å². The number of nitrogens with zero attached hydrogens (tertiary/aromatic N) is 2. The Balaban J connectivity index is 1.62. The standard InChI is InChI=1S/C25H19N3O9/c1-14-6-8-15(9-7-14)23(30)37-21-16(4-3-5-19(21)28(33)34)12-18-22(29)27(25(32)26-18)13-17-10-11-20(36-17)24(31)35-2/h3-12H,13H2,1-2H3,(H,26,32)/b18-12-. The fourth-order valence-corrected chi connectivity index (χ4v) is 3.45. The number of nitro groups is 1. The highest BCUT2D eigenvalue weighted by molar-refractivity contribution is 6.14. The third-order valence-corrected chi connectivity index (χ3v) is 5.33. The summed E-state index contributed by atoms with van der Waals surface area (Å²) in [6.07, 6.45) is 1.17. The highest BCUT2D eigenvalue weighted by Gasteiger charge is 2.35. The molecule has 3 aromatic rings. The second kappa shape index (κ2) is 10.2. The predicted molar refractivity (Wildman–Crippen MR) is 126 cm³/mol. The first-order valence-corrected chi connectivity index (χ1v) is 10.8. The maximum atomic E-state index is 12.9. The summed E-state index contributed by atoms with van der Waals surface area (Å²) >= 11 is 0. The highest BCUT2D eigenvalue weighted by Crippen LogP contribution is 2.34. The van der Waals surface area contributed by atoms with E-state index >= 15 is 0 Å². The Labute approximate surface area is 209 Å². The summed E-state index contributed by atoms with van der Waals surface area (Å²) in [7, 11) is 1.18. The molecule has 1 aliphatic heterocycles. The number of para-hydroxylation sites is 1. The molecule has 4 rings (SSSR count). The number of carbonyl (C=O) groups excluding carboxylic acids is 4. The van der Waals surface area contributed by atoms with Gasteiger partial charge < -0.3 is 19.2 Å². The third-order valence-electron chi connectivity index (χ3n) is 5.33. The maximum absolute atomic E-state index is 12.9. The van der Waals surface area contributed by atoms with Crippen molar-refractivity contribution in [1.82, 2.24) is 10.2 Å². The van der Waals surface area contributed by atoms with Crippen LogP contribution in [0.15, 0.2) is 64.7 Å². The Morgan fingerprint density at radius 2 is 1.81 bits per heavy atom. The van der Waals surface area contributed by atoms with E-state index in [2.05, 4.69) is 10.1 Å². The molecule has 0 radical (unpaired) electrons. The lowest BCUT2D eigenvalue weighted by Gasteiger charge is -2.10. The number of esters is 2. The summed E-state index contributed by atoms with van der Waals surface area (Å²) in [4.78, 5) is 61.4. The number of aryl methyl sites for hydroxylation is 1. The first kappa shape index (κ1) is 24.9. The van der Waals surface area contributed by atoms with Gasteiger partial charge in [0.25, 0.3) is 5.91 Å². The summed E-state index contributed by atoms with van der Waals surface area (Å²) in [6.45, 7) is 1.55. The molecule has 1 saturated heterocycles. The van der Waals surface area contributed by atoms with Crippen molar-refractivity contribution in [2.75, 3.05) is 7.11 Å². The molecule has 188 valence electrons. The van der Waals surface area contributed by atoms with Crippen molar-refractivity contribution in [1.29, 1.82) is 0 Å². The second-order valence-electron chi connectivity index (χ2n) is 7.85. The molecule has 0 atom stereocenters. The lowest BCUT2D eigenvalue weighted by Crippen LogP contribution is -2.30. The van der Waals surface area contributed by atoms with Gasteiger partial charge in [0, 0.05) is 11.6 Å². The van der Waals surface area contributed by atoms with E-state index in [9.17, 15) is 29.3 Å². The number of hydrogen-bond donors (Lipinski definition) is 1. The molecule has 1 N–H and O–H groups in total. The predicted octanol–water partition coefficient (Wildman–Crippen LogP) is 3.59. The molecule has 1 aromatic heterocycles. The van der Waals surface area contributed by atoms with Crippen LogP contribution < -0.4 is 10.1 Å². The molecule has 0 bridgehead atoms. The topological polar surface area (TPSA) is 158 Å². The molecule has 1 fully saturated rings. The van der Waals surface area contributed by atoms with E-state index in [1.54, 1.807) is 12.1 Å². The largest absolute Gasteiger partial charge is 0.463 e. The molecular weight excluding hydrogens is 486 g/mol. The minimum atomic E-state index is -0.836. The molecule has 1 aliphatic rings. The van der Waals surface area contributed by atoms with Crippen LogP contribution in [0.25, 0.3) is 6.08 Å². The highest BCUT2D eigenvalue weighted by atomic mass is 16.6. The minimum Gasteiger partial charge on any atom is -0.463 e. The second-order valence-corrected chi connectivity index (χ2v) is 7.85. The number of carbonyl (C=O) groups is 4. The normalized spacial score (nSPS) is 14.0. The van der Waals surface area contributed by atoms with E-state index in [0.717, 1.165) is 16.5 Å². The van der Waals surface area contributed by atoms with Crippen molar-refractivity contribution in [2.45, 2.75) is 13.5 Å². The number of rotatable bonds is 7. The molecular formula is C25H19N3O9. The van der Waals surface area contributed by atoms with Crippen molar-refractivity contribution >= 4 is 35.6 Å². The molecule has 0 spiro atoms. The van der Waals surface area contributed by atoms with Gasteiger partial charge in [0.2, 0.25) is 11.5 Å². The fourth-order valence-electron chi connectivity index (χ4n) is 3.45. The number of nitrogens with one attached hydrogen (secondary N) is 1. The molecule has 2 heterocycles. The van der Waals surface area contributed by atoms with E-state index in [4.69, 9.17) is 9.15 Å². The maximum Gasteiger partial charge on any atom is 0.373 e. The number of urea groups is 1. The number of nitro benzene ring substituents is 1. The molecule has 2 aromatic carbocycles. The quantitative estimate of drug-likeness (QED) is 0.126. The Morgan fingerprint density at radius 3 is 2.49 bits per heavy atom. The van der Waals surface area contributed by atoms with Crippen LogP contribution in [-0.2, 0) is 16.1 Å². The minimum absolute atomic E-state index is 0.0196. The third kappa shape index (κ3) is 5.22. The number of benzene rings is 2. The number of hydrogen-bond acceptors (Lipinski definition) is 9. The van der Waals surface area contributed by atoms with Gasteiger partial charge in [-0.25, -0.2) is 14.4 Å². The van der Waals surface area contributed by atoms with Crippen molar-refractivity contribution in [3.63, 3.8) is 0 Å². The molecule has 3 amide bonds. The van der Waals surface area contributed by atoms with Gasteiger partial charge >= 0.3 is 23.7 Å². The van der Waals surface area contributed by atoms with Crippen molar-refractivity contribution in [3.8, 4) is 5.75 Å². The molecule has 0 aliphatic carbocycles. The first-order valence-electron chi connectivity index (χ1n) is 10.8. The summed E-state index contributed by atoms with van der Waals surface area (Å²) in [5, 5.41) is 14.0. The van der Waals surface area contributed by atoms with Crippen LogP contribution in [0.2, 0.25) is 0 Å². The van der Waals surface area contributed by atoms with Gasteiger partial charge in [-0.15, -0.1) is 0 Å². The van der Waals surface area contributed by atoms with Gasteiger partial charge in [0.15, 0.2) is 0 Å². The van der Waals surface area contributed by atoms with Gasteiger partial charge in [0.1, 0.15) is 11.5 Å². The van der Waals surface area contributed by atoms with Gasteiger partial charge in [-0.3, -0.25) is 19.8 Å². The summed E-state index contributed by atoms with van der Waals surface area (Å²) in [5.41, 5.74) is 0.380. The zero-order valence-corrected chi connectivity index (χ0v) is 19.5. The van der Waals surface area contributed by atoms with E-state index in [0.29, 0.717) is 0 Å². The first-order chi connectivity index (χ1) is 17.7. The monoisotopic (exact) mass is 505 g/mol. The lowest BCUT2D eigenvalue weighted by atomic mass is 10.1. The van der Waals surface area contributed by atoms with E-state index < -0.39 is 34.5 Å². The molecule has 0 saturated carbocycles. The van der Waals surface area contributed by atoms with Crippen LogP contribution in [-0.4, -0.2) is 40.8 Å². The van der Waals surface area contributed by atoms with Crippen molar-refractivity contribution < 1.29 is 38.0 Å². The fraction of sp³-hybridized carbons (Fsp3) is 0.120. The van der Waals surface area contributed by atoms with Crippen LogP contribution in [0, 0.1) is 17.0 Å². The number of ether oxygens (including phenoxy) is 2. The van der Waals surface area contributed by atoms with Crippen molar-refractivity contribution in [2.24, 2.45) is 0 Å². The van der Waals surface area contributed by atoms with E-state index in [1.165, 1.54) is 49.6 Å². The van der Waals surface area contributed by atoms with Crippen LogP contribution in [0.1, 0.15) is 37.8 Å². The van der Waals surface area contributed by atoms with Crippen LogP contribution in [0.3, 0.4) is 0 Å². The molecule has 12 heteroatoms. The van der Waals surface area contributed by atoms with E-state index in [-0.39, 0.29) is 40.6 Å². The smallest absolute Gasteiger partial charge is 0.373 e. The van der Waals surface area contributed by atoms with Gasteiger partial charge in [-0.05, 0) is 37.3 Å². The average Bonchev–Trinajstić information content (AvgIpc) is 3.45. The van der Waals surface area contributed by atoms with Gasteiger partial charge in [-0.2, -0.15) is 0 Å². The number of amides is 3. The Hall–Kier alpha value is -5.26. The summed E-state index contributed by atoms with van der Waals surface area (Å²) < 4.78 is 15.2. The zero-order valence-electron chi connectivity index (χ0n) is 19.5. The summed E-state index contributed by atoms with van der Waals surface area (Å²) in [5.74, 6) is -2.66. The van der Waals surface area contributed by atoms with Gasteiger partial charge in [0.05, 0.1) is 24.1 Å². The molecule has 12 nitrogen and oxygen atoms in total. The SMILES string of the molecule is COC(=O)c1ccc(CN2C(=O)N/C(=C\c3cccc([N+](=O)[O-])c3OC(=O)c3ccc(C)cc3)C2=O)o1. The molecule has 0 unspecified atom stereocenters. The van der Waals surface area contributed by atoms with Crippen LogP contribution >= 0.6 is 0 Å². The Kier molecular flexibility index (Phi) is 6.82. The number of imide groups is 1. The molecule has 37 heavy (non-hydrogen) atoms. The summed E-state index contributed by atoms with van der Waals surface area (Å²) in [6, 6.07) is 12.3. The van der Waals surface area contributed by atoms with Crippen molar-refractivity contribution in [3.05, 3.63) is 98.6 Å². The van der Waals surface area contributed by atoms with E-state index in [1.807, 2.05) is 6.92 Å². The Morgan fingerprint density at radius 1 is 1.08 bits per heavy atom. The number of furan rings is 1. The zero-order chi connectivity index (χ0) is 26.7. The average molecular weight is 505 g/mol. The lowest BCUT2D eigenvalue weighted by molar-refractivity contribution is -0.385. The number of methoxy groups -OCH3 is 1. The Bertz CT molecular complexity index is 1450. The van der Waals surface area contributed by atoms with Crippen LogP contribution in [0.4, 0.5) is 10.5 Å².